The third-order valence-corrected chi connectivity index (χ3v) is 3.76. The fraction of sp³-hybridized carbons (Fsp3) is 0.500. The van der Waals surface area contributed by atoms with Gasteiger partial charge in [0, 0.05) is 19.1 Å². The van der Waals surface area contributed by atoms with Crippen molar-refractivity contribution < 1.29 is 4.39 Å². The molecule has 1 saturated heterocycles. The van der Waals surface area contributed by atoms with E-state index < -0.39 is 0 Å². The first kappa shape index (κ1) is 12.4. The number of anilines is 1. The number of nitrogens with one attached hydrogen (secondary N) is 2. The van der Waals surface area contributed by atoms with E-state index in [9.17, 15) is 4.39 Å². The van der Waals surface area contributed by atoms with Gasteiger partial charge in [-0.25, -0.2) is 9.37 Å². The summed E-state index contributed by atoms with van der Waals surface area (Å²) in [4.78, 5) is 10.1. The molecule has 3 rings (SSSR count). The maximum Gasteiger partial charge on any atom is 0.204 e. The number of fused-ring (bicyclic) bond motifs is 1. The Morgan fingerprint density at radius 1 is 1.47 bits per heavy atom. The zero-order valence-corrected chi connectivity index (χ0v) is 11.1. The lowest BCUT2D eigenvalue weighted by Gasteiger charge is -2.33. The fourth-order valence-electron chi connectivity index (χ4n) is 2.78. The molecular formula is C14H19FN4. The van der Waals surface area contributed by atoms with Gasteiger partial charge in [-0.1, -0.05) is 0 Å². The minimum atomic E-state index is -0.231. The normalized spacial score (nSPS) is 19.8. The summed E-state index contributed by atoms with van der Waals surface area (Å²) in [6.07, 6.45) is 2.36. The van der Waals surface area contributed by atoms with Gasteiger partial charge in [0.2, 0.25) is 5.95 Å². The highest BCUT2D eigenvalue weighted by molar-refractivity contribution is 5.77. The zero-order valence-electron chi connectivity index (χ0n) is 11.1. The number of aromatic nitrogens is 2. The van der Waals surface area contributed by atoms with E-state index in [0.29, 0.717) is 6.04 Å². The molecule has 0 spiro atoms. The van der Waals surface area contributed by atoms with Gasteiger partial charge in [-0.2, -0.15) is 0 Å². The number of hydrogen-bond acceptors (Lipinski definition) is 3. The second-order valence-electron chi connectivity index (χ2n) is 5.01. The van der Waals surface area contributed by atoms with Gasteiger partial charge >= 0.3 is 0 Å². The Morgan fingerprint density at radius 3 is 3.11 bits per heavy atom. The largest absolute Gasteiger partial charge is 0.338 e. The molecule has 1 aliphatic rings. The predicted octanol–water partition coefficient (Wildman–Crippen LogP) is 2.28. The van der Waals surface area contributed by atoms with Crippen molar-refractivity contribution >= 4 is 17.0 Å². The van der Waals surface area contributed by atoms with E-state index in [1.807, 2.05) is 0 Å². The molecule has 4 nitrogen and oxygen atoms in total. The Labute approximate surface area is 112 Å². The lowest BCUT2D eigenvalue weighted by molar-refractivity contribution is 0.432. The Bertz CT molecular complexity index is 560. The Kier molecular flexibility index (Phi) is 3.38. The molecule has 5 heteroatoms. The second-order valence-corrected chi connectivity index (χ2v) is 5.01. The van der Waals surface area contributed by atoms with Crippen LogP contribution in [0.3, 0.4) is 0 Å². The van der Waals surface area contributed by atoms with Crippen LogP contribution in [0.5, 0.6) is 0 Å². The monoisotopic (exact) mass is 262 g/mol. The third-order valence-electron chi connectivity index (χ3n) is 3.76. The van der Waals surface area contributed by atoms with Gasteiger partial charge in [0.1, 0.15) is 5.82 Å². The highest BCUT2D eigenvalue weighted by atomic mass is 19.1. The van der Waals surface area contributed by atoms with E-state index in [4.69, 9.17) is 0 Å². The SMILES string of the molecule is CCN(c1nc2ccc(F)cc2[nH]1)C1CCCNC1. The molecule has 1 aliphatic heterocycles. The quantitative estimate of drug-likeness (QED) is 0.892. The lowest BCUT2D eigenvalue weighted by atomic mass is 10.1. The van der Waals surface area contributed by atoms with E-state index in [1.54, 1.807) is 6.07 Å². The number of rotatable bonds is 3. The maximum absolute atomic E-state index is 13.2. The van der Waals surface area contributed by atoms with Crippen LogP contribution >= 0.6 is 0 Å². The van der Waals surface area contributed by atoms with Crippen LogP contribution in [0.1, 0.15) is 19.8 Å². The number of likely N-dealkylation sites (N-methyl/N-ethyl adjacent to an activating group) is 1. The minimum absolute atomic E-state index is 0.231. The van der Waals surface area contributed by atoms with Crippen molar-refractivity contribution in [1.29, 1.82) is 0 Å². The van der Waals surface area contributed by atoms with Gasteiger partial charge in [-0.3, -0.25) is 0 Å². The molecule has 0 amide bonds. The first-order valence-electron chi connectivity index (χ1n) is 6.90. The van der Waals surface area contributed by atoms with Gasteiger partial charge in [0.05, 0.1) is 11.0 Å². The summed E-state index contributed by atoms with van der Waals surface area (Å²) in [5.74, 6) is 0.613. The molecule has 1 unspecified atom stereocenters. The van der Waals surface area contributed by atoms with Gasteiger partial charge < -0.3 is 15.2 Å². The molecule has 2 aromatic rings. The Balaban J connectivity index is 1.91. The predicted molar refractivity (Wildman–Crippen MR) is 75.0 cm³/mol. The van der Waals surface area contributed by atoms with Crippen LogP contribution in [0.2, 0.25) is 0 Å². The number of benzene rings is 1. The molecular weight excluding hydrogens is 243 g/mol. The van der Waals surface area contributed by atoms with E-state index >= 15 is 0 Å². The van der Waals surface area contributed by atoms with E-state index in [1.165, 1.54) is 25.0 Å². The van der Waals surface area contributed by atoms with Crippen molar-refractivity contribution in [3.8, 4) is 0 Å². The van der Waals surface area contributed by atoms with Crippen molar-refractivity contribution in [3.05, 3.63) is 24.0 Å². The van der Waals surface area contributed by atoms with E-state index in [0.717, 1.165) is 36.6 Å². The number of imidazole rings is 1. The first-order chi connectivity index (χ1) is 9.28. The average Bonchev–Trinajstić information content (AvgIpc) is 2.83. The molecule has 1 fully saturated rings. The smallest absolute Gasteiger partial charge is 0.204 e. The van der Waals surface area contributed by atoms with Crippen LogP contribution in [0.15, 0.2) is 18.2 Å². The number of halogens is 1. The number of piperidine rings is 1. The summed E-state index contributed by atoms with van der Waals surface area (Å²) in [5, 5.41) is 3.42. The van der Waals surface area contributed by atoms with Crippen molar-refractivity contribution in [1.82, 2.24) is 15.3 Å². The van der Waals surface area contributed by atoms with Crippen molar-refractivity contribution in [2.75, 3.05) is 24.5 Å². The number of nitrogens with zero attached hydrogens (tertiary/aromatic N) is 2. The maximum atomic E-state index is 13.2. The summed E-state index contributed by atoms with van der Waals surface area (Å²) in [7, 11) is 0. The summed E-state index contributed by atoms with van der Waals surface area (Å²) in [6, 6.07) is 5.13. The molecule has 0 bridgehead atoms. The molecule has 0 aliphatic carbocycles. The van der Waals surface area contributed by atoms with Gasteiger partial charge in [0.25, 0.3) is 0 Å². The standard InChI is InChI=1S/C14H19FN4/c1-2-19(11-4-3-7-16-9-11)14-17-12-6-5-10(15)8-13(12)18-14/h5-6,8,11,16H,2-4,7,9H2,1H3,(H,17,18). The first-order valence-corrected chi connectivity index (χ1v) is 6.90. The van der Waals surface area contributed by atoms with Crippen LogP contribution in [0.25, 0.3) is 11.0 Å². The summed E-state index contributed by atoms with van der Waals surface area (Å²) >= 11 is 0. The second kappa shape index (κ2) is 5.17. The molecule has 1 atom stereocenters. The van der Waals surface area contributed by atoms with Gasteiger partial charge in [-0.15, -0.1) is 0 Å². The molecule has 19 heavy (non-hydrogen) atoms. The molecule has 1 aromatic heterocycles. The minimum Gasteiger partial charge on any atom is -0.338 e. The van der Waals surface area contributed by atoms with Crippen LogP contribution in [0.4, 0.5) is 10.3 Å². The average molecular weight is 262 g/mol. The number of hydrogen-bond donors (Lipinski definition) is 2. The molecule has 0 saturated carbocycles. The highest BCUT2D eigenvalue weighted by Crippen LogP contribution is 2.22. The summed E-state index contributed by atoms with van der Waals surface area (Å²) in [5.41, 5.74) is 1.58. The third kappa shape index (κ3) is 2.42. The molecule has 2 N–H and O–H groups in total. The topological polar surface area (TPSA) is 44.0 Å². The lowest BCUT2D eigenvalue weighted by Crippen LogP contribution is -2.46. The number of aromatic amines is 1. The van der Waals surface area contributed by atoms with Crippen LogP contribution in [-0.4, -0.2) is 35.6 Å². The Hall–Kier alpha value is -1.62. The van der Waals surface area contributed by atoms with Crippen molar-refractivity contribution in [3.63, 3.8) is 0 Å². The molecule has 0 radical (unpaired) electrons. The zero-order chi connectivity index (χ0) is 13.2. The summed E-state index contributed by atoms with van der Waals surface area (Å²) in [6.45, 7) is 5.11. The van der Waals surface area contributed by atoms with E-state index in [-0.39, 0.29) is 5.82 Å². The molecule has 102 valence electrons. The van der Waals surface area contributed by atoms with E-state index in [2.05, 4.69) is 27.1 Å². The molecule has 2 heterocycles. The fourth-order valence-corrected chi connectivity index (χ4v) is 2.78. The number of H-pyrrole nitrogens is 1. The summed E-state index contributed by atoms with van der Waals surface area (Å²) < 4.78 is 13.2. The highest BCUT2D eigenvalue weighted by Gasteiger charge is 2.22. The van der Waals surface area contributed by atoms with Crippen molar-refractivity contribution in [2.24, 2.45) is 0 Å². The van der Waals surface area contributed by atoms with Crippen LogP contribution < -0.4 is 10.2 Å². The molecule has 1 aromatic carbocycles. The van der Waals surface area contributed by atoms with Crippen molar-refractivity contribution in [2.45, 2.75) is 25.8 Å². The van der Waals surface area contributed by atoms with Crippen LogP contribution in [-0.2, 0) is 0 Å². The van der Waals surface area contributed by atoms with Crippen LogP contribution in [0, 0.1) is 5.82 Å². The van der Waals surface area contributed by atoms with Gasteiger partial charge in [0.15, 0.2) is 0 Å². The Morgan fingerprint density at radius 2 is 2.37 bits per heavy atom. The van der Waals surface area contributed by atoms with Gasteiger partial charge in [-0.05, 0) is 44.5 Å².